The highest BCUT2D eigenvalue weighted by Gasteiger charge is 2.13. The van der Waals surface area contributed by atoms with E-state index >= 15 is 0 Å². The summed E-state index contributed by atoms with van der Waals surface area (Å²) in [6.07, 6.45) is 1.78. The smallest absolute Gasteiger partial charge is 0.0705 e. The second kappa shape index (κ2) is 5.52. The van der Waals surface area contributed by atoms with Crippen LogP contribution < -0.4 is 5.73 Å². The molecule has 0 bridgehead atoms. The van der Waals surface area contributed by atoms with Crippen molar-refractivity contribution in [3.05, 3.63) is 75.4 Å². The molecule has 4 heteroatoms. The van der Waals surface area contributed by atoms with Crippen molar-refractivity contribution in [3.63, 3.8) is 0 Å². The quantitative estimate of drug-likeness (QED) is 0.730. The minimum Gasteiger partial charge on any atom is -0.320 e. The van der Waals surface area contributed by atoms with E-state index in [0.717, 1.165) is 26.5 Å². The summed E-state index contributed by atoms with van der Waals surface area (Å²) in [6.45, 7) is 0. The van der Waals surface area contributed by atoms with Crippen molar-refractivity contribution >= 4 is 38.4 Å². The normalized spacial score (nSPS) is 12.6. The summed E-state index contributed by atoms with van der Waals surface area (Å²) in [4.78, 5) is 4.36. The Kier molecular flexibility index (Phi) is 3.74. The third-order valence-corrected chi connectivity index (χ3v) is 4.12. The highest BCUT2D eigenvalue weighted by molar-refractivity contribution is 9.10. The van der Waals surface area contributed by atoms with Crippen LogP contribution in [0, 0.1) is 0 Å². The van der Waals surface area contributed by atoms with Crippen molar-refractivity contribution in [2.24, 2.45) is 5.73 Å². The summed E-state index contributed by atoms with van der Waals surface area (Å²) in [5, 5.41) is 1.77. The maximum Gasteiger partial charge on any atom is 0.0705 e. The molecule has 0 amide bonds. The molecular weight excluding hydrogens is 336 g/mol. The zero-order chi connectivity index (χ0) is 14.1. The van der Waals surface area contributed by atoms with Crippen molar-refractivity contribution in [1.29, 1.82) is 0 Å². The first-order valence-electron chi connectivity index (χ1n) is 6.20. The van der Waals surface area contributed by atoms with Gasteiger partial charge in [-0.1, -0.05) is 45.7 Å². The predicted octanol–water partition coefficient (Wildman–Crippen LogP) is 4.70. The maximum atomic E-state index is 6.34. The first-order chi connectivity index (χ1) is 9.65. The summed E-state index contributed by atoms with van der Waals surface area (Å²) in [5.41, 5.74) is 9.18. The topological polar surface area (TPSA) is 38.9 Å². The van der Waals surface area contributed by atoms with Crippen LogP contribution in [-0.2, 0) is 0 Å². The second-order valence-corrected chi connectivity index (χ2v) is 5.92. The van der Waals surface area contributed by atoms with Crippen molar-refractivity contribution in [1.82, 2.24) is 4.98 Å². The zero-order valence-corrected chi connectivity index (χ0v) is 12.9. The molecule has 0 aliphatic carbocycles. The van der Waals surface area contributed by atoms with Crippen molar-refractivity contribution in [2.45, 2.75) is 6.04 Å². The fourth-order valence-corrected chi connectivity index (χ4v) is 2.82. The number of pyridine rings is 1. The fraction of sp³-hybridized carbons (Fsp3) is 0.0625. The van der Waals surface area contributed by atoms with Crippen molar-refractivity contribution in [2.75, 3.05) is 0 Å². The molecule has 1 atom stereocenters. The minimum atomic E-state index is -0.272. The molecule has 0 aliphatic rings. The highest BCUT2D eigenvalue weighted by Crippen LogP contribution is 2.30. The van der Waals surface area contributed by atoms with Gasteiger partial charge in [0.25, 0.3) is 0 Å². The lowest BCUT2D eigenvalue weighted by atomic mass is 9.98. The lowest BCUT2D eigenvalue weighted by Crippen LogP contribution is -2.12. The Bertz CT molecular complexity index is 773. The van der Waals surface area contributed by atoms with E-state index < -0.39 is 0 Å². The number of fused-ring (bicyclic) bond motifs is 1. The number of aromatic nitrogens is 1. The fourth-order valence-electron chi connectivity index (χ4n) is 2.21. The standard InChI is InChI=1S/C16H12BrClN2/c17-12-5-6-14(18)13(9-12)16(19)11-4-3-10-2-1-7-20-15(10)8-11/h1-9,16H,19H2. The molecule has 0 spiro atoms. The van der Waals surface area contributed by atoms with Gasteiger partial charge in [-0.15, -0.1) is 0 Å². The van der Waals surface area contributed by atoms with Crippen LogP contribution in [0.15, 0.2) is 59.2 Å². The molecule has 2 aromatic carbocycles. The van der Waals surface area contributed by atoms with Gasteiger partial charge in [0.2, 0.25) is 0 Å². The van der Waals surface area contributed by atoms with E-state index in [4.69, 9.17) is 17.3 Å². The summed E-state index contributed by atoms with van der Waals surface area (Å²) in [6, 6.07) is 15.5. The van der Waals surface area contributed by atoms with Crippen LogP contribution in [0.3, 0.4) is 0 Å². The number of halogens is 2. The molecule has 1 unspecified atom stereocenters. The predicted molar refractivity (Wildman–Crippen MR) is 86.9 cm³/mol. The first kappa shape index (κ1) is 13.6. The summed E-state index contributed by atoms with van der Waals surface area (Å²) in [7, 11) is 0. The van der Waals surface area contributed by atoms with Gasteiger partial charge in [0.05, 0.1) is 11.6 Å². The van der Waals surface area contributed by atoms with E-state index in [-0.39, 0.29) is 6.04 Å². The molecule has 1 heterocycles. The van der Waals surface area contributed by atoms with Crippen LogP contribution in [0.1, 0.15) is 17.2 Å². The van der Waals surface area contributed by atoms with E-state index in [1.807, 2.05) is 48.5 Å². The Morgan fingerprint density at radius 1 is 1.10 bits per heavy atom. The van der Waals surface area contributed by atoms with Gasteiger partial charge in [0.15, 0.2) is 0 Å². The largest absolute Gasteiger partial charge is 0.320 e. The van der Waals surface area contributed by atoms with Crippen LogP contribution in [0.5, 0.6) is 0 Å². The van der Waals surface area contributed by atoms with E-state index in [1.165, 1.54) is 0 Å². The Hall–Kier alpha value is -1.42. The number of nitrogens with two attached hydrogens (primary N) is 1. The molecule has 3 aromatic rings. The SMILES string of the molecule is NC(c1ccc2cccnc2c1)c1cc(Br)ccc1Cl. The van der Waals surface area contributed by atoms with Crippen LogP contribution in [0.2, 0.25) is 5.02 Å². The van der Waals surface area contributed by atoms with E-state index in [1.54, 1.807) is 6.20 Å². The third kappa shape index (κ3) is 2.57. The van der Waals surface area contributed by atoms with Crippen molar-refractivity contribution < 1.29 is 0 Å². The van der Waals surface area contributed by atoms with Crippen LogP contribution >= 0.6 is 27.5 Å². The van der Waals surface area contributed by atoms with Gasteiger partial charge in [0.1, 0.15) is 0 Å². The van der Waals surface area contributed by atoms with Crippen LogP contribution in [-0.4, -0.2) is 4.98 Å². The van der Waals surface area contributed by atoms with Gasteiger partial charge in [0, 0.05) is 21.1 Å². The third-order valence-electron chi connectivity index (χ3n) is 3.28. The minimum absolute atomic E-state index is 0.272. The van der Waals surface area contributed by atoms with Crippen LogP contribution in [0.4, 0.5) is 0 Å². The number of benzene rings is 2. The Morgan fingerprint density at radius 3 is 2.80 bits per heavy atom. The summed E-state index contributed by atoms with van der Waals surface area (Å²) in [5.74, 6) is 0. The lowest BCUT2D eigenvalue weighted by Gasteiger charge is -2.15. The van der Waals surface area contributed by atoms with E-state index in [0.29, 0.717) is 5.02 Å². The molecule has 0 saturated carbocycles. The molecule has 0 radical (unpaired) electrons. The molecule has 2 nitrogen and oxygen atoms in total. The van der Waals surface area contributed by atoms with Gasteiger partial charge in [-0.25, -0.2) is 0 Å². The molecular formula is C16H12BrClN2. The highest BCUT2D eigenvalue weighted by atomic mass is 79.9. The molecule has 3 rings (SSSR count). The van der Waals surface area contributed by atoms with Crippen LogP contribution in [0.25, 0.3) is 10.9 Å². The van der Waals surface area contributed by atoms with Gasteiger partial charge >= 0.3 is 0 Å². The summed E-state index contributed by atoms with van der Waals surface area (Å²) < 4.78 is 0.964. The molecule has 1 aromatic heterocycles. The Labute approximate surface area is 130 Å². The molecule has 0 aliphatic heterocycles. The van der Waals surface area contributed by atoms with Gasteiger partial charge in [-0.3, -0.25) is 4.98 Å². The molecule has 2 N–H and O–H groups in total. The molecule has 20 heavy (non-hydrogen) atoms. The summed E-state index contributed by atoms with van der Waals surface area (Å²) >= 11 is 9.69. The van der Waals surface area contributed by atoms with Gasteiger partial charge in [-0.2, -0.15) is 0 Å². The van der Waals surface area contributed by atoms with Gasteiger partial charge < -0.3 is 5.73 Å². The van der Waals surface area contributed by atoms with E-state index in [9.17, 15) is 0 Å². The first-order valence-corrected chi connectivity index (χ1v) is 7.37. The van der Waals surface area contributed by atoms with Crippen molar-refractivity contribution in [3.8, 4) is 0 Å². The number of hydrogen-bond donors (Lipinski definition) is 1. The van der Waals surface area contributed by atoms with E-state index in [2.05, 4.69) is 20.9 Å². The number of nitrogens with zero attached hydrogens (tertiary/aromatic N) is 1. The average Bonchev–Trinajstić information content (AvgIpc) is 2.48. The lowest BCUT2D eigenvalue weighted by molar-refractivity contribution is 0.872. The zero-order valence-electron chi connectivity index (χ0n) is 10.6. The van der Waals surface area contributed by atoms with Gasteiger partial charge in [-0.05, 0) is 41.5 Å². The Balaban J connectivity index is 2.07. The number of rotatable bonds is 2. The molecule has 0 saturated heterocycles. The average molecular weight is 348 g/mol. The second-order valence-electron chi connectivity index (χ2n) is 4.60. The Morgan fingerprint density at radius 2 is 1.95 bits per heavy atom. The molecule has 0 fully saturated rings. The maximum absolute atomic E-state index is 6.34. The number of hydrogen-bond acceptors (Lipinski definition) is 2. The molecule has 100 valence electrons. The monoisotopic (exact) mass is 346 g/mol.